The molecule has 166 valence electrons. The number of halogens is 3. The Hall–Kier alpha value is -2.90. The highest BCUT2D eigenvalue weighted by molar-refractivity contribution is 9.10. The first-order valence-corrected chi connectivity index (χ1v) is 11.0. The molecule has 0 unspecified atom stereocenters. The molecular weight excluding hydrogens is 499 g/mol. The monoisotopic (exact) mass is 518 g/mol. The van der Waals surface area contributed by atoms with Crippen molar-refractivity contribution < 1.29 is 18.7 Å². The van der Waals surface area contributed by atoms with Crippen molar-refractivity contribution in [3.05, 3.63) is 92.7 Å². The minimum absolute atomic E-state index is 0.0950. The summed E-state index contributed by atoms with van der Waals surface area (Å²) in [5.41, 5.74) is 4.72. The van der Waals surface area contributed by atoms with Crippen LogP contribution in [-0.4, -0.2) is 18.7 Å². The maximum absolute atomic E-state index is 13.0. The van der Waals surface area contributed by atoms with Crippen molar-refractivity contribution in [1.29, 1.82) is 0 Å². The van der Waals surface area contributed by atoms with Gasteiger partial charge in [0.25, 0.3) is 0 Å². The second-order valence-corrected chi connectivity index (χ2v) is 7.99. The molecule has 0 heterocycles. The van der Waals surface area contributed by atoms with Crippen LogP contribution in [0.2, 0.25) is 5.02 Å². The number of nitrogens with zero attached hydrogens (tertiary/aromatic N) is 1. The molecule has 1 amide bonds. The Morgan fingerprint density at radius 3 is 2.56 bits per heavy atom. The SMILES string of the molecule is CCOc1cc(/C=N/NC(=O)Cc2ccc(F)cc2)c(Br)cc1OCc1ccccc1Cl. The predicted octanol–water partition coefficient (Wildman–Crippen LogP) is 5.91. The summed E-state index contributed by atoms with van der Waals surface area (Å²) in [7, 11) is 0. The largest absolute Gasteiger partial charge is 0.490 e. The van der Waals surface area contributed by atoms with Gasteiger partial charge in [0.2, 0.25) is 5.91 Å². The van der Waals surface area contributed by atoms with E-state index in [0.717, 1.165) is 5.56 Å². The molecule has 0 radical (unpaired) electrons. The van der Waals surface area contributed by atoms with Crippen LogP contribution in [0.3, 0.4) is 0 Å². The van der Waals surface area contributed by atoms with Gasteiger partial charge in [0.1, 0.15) is 12.4 Å². The summed E-state index contributed by atoms with van der Waals surface area (Å²) in [6, 6.07) is 16.8. The molecule has 8 heteroatoms. The van der Waals surface area contributed by atoms with Crippen LogP contribution in [0.15, 0.2) is 70.2 Å². The van der Waals surface area contributed by atoms with Crippen molar-refractivity contribution in [3.8, 4) is 11.5 Å². The Morgan fingerprint density at radius 1 is 1.12 bits per heavy atom. The second-order valence-electron chi connectivity index (χ2n) is 6.73. The predicted molar refractivity (Wildman–Crippen MR) is 127 cm³/mol. The quantitative estimate of drug-likeness (QED) is 0.282. The number of nitrogens with one attached hydrogen (secondary N) is 1. The van der Waals surface area contributed by atoms with E-state index in [4.69, 9.17) is 21.1 Å². The van der Waals surface area contributed by atoms with E-state index in [0.29, 0.717) is 45.3 Å². The van der Waals surface area contributed by atoms with Crippen LogP contribution in [0, 0.1) is 5.82 Å². The highest BCUT2D eigenvalue weighted by atomic mass is 79.9. The zero-order valence-electron chi connectivity index (χ0n) is 17.3. The Balaban J connectivity index is 1.67. The zero-order valence-corrected chi connectivity index (χ0v) is 19.6. The molecule has 0 aliphatic carbocycles. The lowest BCUT2D eigenvalue weighted by atomic mass is 10.1. The Morgan fingerprint density at radius 2 is 1.84 bits per heavy atom. The topological polar surface area (TPSA) is 59.9 Å². The van der Waals surface area contributed by atoms with Gasteiger partial charge in [0, 0.05) is 20.6 Å². The lowest BCUT2D eigenvalue weighted by molar-refractivity contribution is -0.120. The van der Waals surface area contributed by atoms with Crippen LogP contribution in [0.5, 0.6) is 11.5 Å². The summed E-state index contributed by atoms with van der Waals surface area (Å²) in [6.45, 7) is 2.62. The first kappa shape index (κ1) is 23.8. The fourth-order valence-corrected chi connectivity index (χ4v) is 3.42. The normalized spacial score (nSPS) is 10.9. The van der Waals surface area contributed by atoms with E-state index >= 15 is 0 Å². The summed E-state index contributed by atoms with van der Waals surface area (Å²) >= 11 is 9.70. The summed E-state index contributed by atoms with van der Waals surface area (Å²) in [5.74, 6) is 0.438. The number of carbonyl (C=O) groups excluding carboxylic acids is 1. The van der Waals surface area contributed by atoms with Crippen molar-refractivity contribution in [3.63, 3.8) is 0 Å². The Bertz CT molecular complexity index is 1110. The van der Waals surface area contributed by atoms with Gasteiger partial charge in [-0.2, -0.15) is 5.10 Å². The molecule has 5 nitrogen and oxygen atoms in total. The fourth-order valence-electron chi connectivity index (χ4n) is 2.80. The summed E-state index contributed by atoms with van der Waals surface area (Å²) in [5, 5.41) is 4.64. The molecule has 3 rings (SSSR count). The molecule has 3 aromatic rings. The molecule has 0 aliphatic rings. The second kappa shape index (κ2) is 11.6. The van der Waals surface area contributed by atoms with Crippen LogP contribution >= 0.6 is 27.5 Å². The van der Waals surface area contributed by atoms with E-state index in [1.807, 2.05) is 31.2 Å². The van der Waals surface area contributed by atoms with E-state index in [9.17, 15) is 9.18 Å². The van der Waals surface area contributed by atoms with Gasteiger partial charge in [-0.25, -0.2) is 9.82 Å². The lowest BCUT2D eigenvalue weighted by Gasteiger charge is -2.14. The standard InChI is InChI=1S/C24H21BrClFN2O3/c1-2-31-22-12-18(14-28-29-24(30)11-16-7-9-19(27)10-8-16)20(25)13-23(22)32-15-17-5-3-4-6-21(17)26/h3-10,12-14H,2,11,15H2,1H3,(H,29,30)/b28-14+. The van der Waals surface area contributed by atoms with Gasteiger partial charge in [0.15, 0.2) is 11.5 Å². The van der Waals surface area contributed by atoms with Crippen molar-refractivity contribution in [2.45, 2.75) is 20.0 Å². The maximum atomic E-state index is 13.0. The zero-order chi connectivity index (χ0) is 22.9. The number of hydrogen-bond acceptors (Lipinski definition) is 4. The molecule has 0 fully saturated rings. The van der Waals surface area contributed by atoms with Crippen molar-refractivity contribution in [1.82, 2.24) is 5.43 Å². The molecule has 0 saturated carbocycles. The van der Waals surface area contributed by atoms with Gasteiger partial charge in [-0.15, -0.1) is 0 Å². The Kier molecular flexibility index (Phi) is 8.64. The van der Waals surface area contributed by atoms with Crippen LogP contribution in [-0.2, 0) is 17.8 Å². The average molecular weight is 520 g/mol. The molecule has 0 spiro atoms. The molecule has 32 heavy (non-hydrogen) atoms. The third-order valence-electron chi connectivity index (χ3n) is 4.37. The Labute approximate surface area is 199 Å². The average Bonchev–Trinajstić information content (AvgIpc) is 2.77. The van der Waals surface area contributed by atoms with Crippen molar-refractivity contribution >= 4 is 39.7 Å². The van der Waals surface area contributed by atoms with Gasteiger partial charge < -0.3 is 9.47 Å². The summed E-state index contributed by atoms with van der Waals surface area (Å²) < 4.78 is 25.3. The molecule has 0 aliphatic heterocycles. The van der Waals surface area contributed by atoms with Gasteiger partial charge >= 0.3 is 0 Å². The highest BCUT2D eigenvalue weighted by Crippen LogP contribution is 2.34. The van der Waals surface area contributed by atoms with Crippen LogP contribution in [0.25, 0.3) is 0 Å². The highest BCUT2D eigenvalue weighted by Gasteiger charge is 2.11. The smallest absolute Gasteiger partial charge is 0.244 e. The summed E-state index contributed by atoms with van der Waals surface area (Å²) in [6.07, 6.45) is 1.60. The summed E-state index contributed by atoms with van der Waals surface area (Å²) in [4.78, 5) is 12.1. The molecule has 0 aromatic heterocycles. The minimum atomic E-state index is -0.346. The van der Waals surface area contributed by atoms with Gasteiger partial charge in [-0.3, -0.25) is 4.79 Å². The maximum Gasteiger partial charge on any atom is 0.244 e. The number of hydrogen-bond donors (Lipinski definition) is 1. The van der Waals surface area contributed by atoms with E-state index < -0.39 is 0 Å². The number of benzene rings is 3. The number of carbonyl (C=O) groups is 1. The van der Waals surface area contributed by atoms with Crippen molar-refractivity contribution in [2.24, 2.45) is 5.10 Å². The van der Waals surface area contributed by atoms with E-state index in [-0.39, 0.29) is 18.1 Å². The third kappa shape index (κ3) is 6.80. The van der Waals surface area contributed by atoms with Gasteiger partial charge in [-0.1, -0.05) is 41.9 Å². The first-order chi connectivity index (χ1) is 15.5. The minimum Gasteiger partial charge on any atom is -0.490 e. The van der Waals surface area contributed by atoms with Crippen LogP contribution in [0.4, 0.5) is 4.39 Å². The molecular formula is C24H21BrClFN2O3. The van der Waals surface area contributed by atoms with Gasteiger partial charge in [0.05, 0.1) is 19.2 Å². The first-order valence-electron chi connectivity index (χ1n) is 9.85. The number of ether oxygens (including phenoxy) is 2. The lowest BCUT2D eigenvalue weighted by Crippen LogP contribution is -2.19. The number of hydrazone groups is 1. The molecule has 0 saturated heterocycles. The molecule has 0 atom stereocenters. The van der Waals surface area contributed by atoms with E-state index in [1.54, 1.807) is 24.3 Å². The number of amides is 1. The molecule has 1 N–H and O–H groups in total. The fraction of sp³-hybridized carbons (Fsp3) is 0.167. The molecule has 3 aromatic carbocycles. The number of rotatable bonds is 9. The van der Waals surface area contributed by atoms with Gasteiger partial charge in [-0.05, 0) is 58.7 Å². The van der Waals surface area contributed by atoms with E-state index in [2.05, 4.69) is 26.5 Å². The van der Waals surface area contributed by atoms with Crippen molar-refractivity contribution in [2.75, 3.05) is 6.61 Å². The van der Waals surface area contributed by atoms with Crippen LogP contribution in [0.1, 0.15) is 23.6 Å². The van der Waals surface area contributed by atoms with E-state index in [1.165, 1.54) is 18.3 Å². The van der Waals surface area contributed by atoms with Crippen LogP contribution < -0.4 is 14.9 Å². The molecule has 0 bridgehead atoms. The third-order valence-corrected chi connectivity index (χ3v) is 5.43.